The van der Waals surface area contributed by atoms with Gasteiger partial charge in [-0.15, -0.1) is 0 Å². The first-order valence-electron chi connectivity index (χ1n) is 5.04. The number of ether oxygens (including phenoxy) is 1. The summed E-state index contributed by atoms with van der Waals surface area (Å²) in [6, 6.07) is 4.93. The van der Waals surface area contributed by atoms with Gasteiger partial charge in [-0.25, -0.2) is 13.1 Å². The van der Waals surface area contributed by atoms with Gasteiger partial charge >= 0.3 is 0 Å². The van der Waals surface area contributed by atoms with Crippen LogP contribution < -0.4 is 9.46 Å². The Morgan fingerprint density at radius 1 is 1.31 bits per heavy atom. The van der Waals surface area contributed by atoms with E-state index in [9.17, 15) is 8.42 Å². The Labute approximate surface area is 96.7 Å². The fourth-order valence-corrected chi connectivity index (χ4v) is 2.87. The van der Waals surface area contributed by atoms with Crippen LogP contribution in [0, 0.1) is 6.92 Å². The minimum absolute atomic E-state index is 0.143. The summed E-state index contributed by atoms with van der Waals surface area (Å²) in [5.41, 5.74) is 0.880. The quantitative estimate of drug-likeness (QED) is 0.875. The Morgan fingerprint density at radius 2 is 1.94 bits per heavy atom. The highest BCUT2D eigenvalue weighted by Gasteiger charge is 2.20. The number of rotatable bonds is 4. The number of nitrogens with one attached hydrogen (secondary N) is 1. The zero-order chi connectivity index (χ0) is 12.3. The van der Waals surface area contributed by atoms with Crippen molar-refractivity contribution < 1.29 is 13.2 Å². The van der Waals surface area contributed by atoms with Crippen LogP contribution in [0.2, 0.25) is 0 Å². The topological polar surface area (TPSA) is 55.4 Å². The minimum atomic E-state index is -3.50. The van der Waals surface area contributed by atoms with Gasteiger partial charge < -0.3 is 4.74 Å². The molecular formula is C11H17NO3S. The van der Waals surface area contributed by atoms with Gasteiger partial charge in [0.1, 0.15) is 10.6 Å². The zero-order valence-electron chi connectivity index (χ0n) is 9.94. The van der Waals surface area contributed by atoms with Gasteiger partial charge in [-0.3, -0.25) is 0 Å². The van der Waals surface area contributed by atoms with E-state index < -0.39 is 10.0 Å². The second-order valence-corrected chi connectivity index (χ2v) is 5.61. The summed E-state index contributed by atoms with van der Waals surface area (Å²) in [4.78, 5) is 0.184. The highest BCUT2D eigenvalue weighted by molar-refractivity contribution is 7.89. The van der Waals surface area contributed by atoms with Gasteiger partial charge in [0.25, 0.3) is 0 Å². The molecule has 0 saturated heterocycles. The molecule has 0 atom stereocenters. The third kappa shape index (κ3) is 2.96. The summed E-state index contributed by atoms with van der Waals surface area (Å²) < 4.78 is 31.5. The van der Waals surface area contributed by atoms with Crippen molar-refractivity contribution in [2.75, 3.05) is 7.11 Å². The maximum absolute atomic E-state index is 12.0. The number of methoxy groups -OCH3 is 1. The molecule has 0 unspecified atom stereocenters. The lowest BCUT2D eigenvalue weighted by molar-refractivity contribution is 0.402. The molecule has 0 bridgehead atoms. The van der Waals surface area contributed by atoms with Gasteiger partial charge in [-0.1, -0.05) is 6.07 Å². The molecule has 1 aromatic carbocycles. The molecule has 0 radical (unpaired) electrons. The largest absolute Gasteiger partial charge is 0.495 e. The Kier molecular flexibility index (Phi) is 3.93. The summed E-state index contributed by atoms with van der Waals surface area (Å²) in [7, 11) is -2.04. The van der Waals surface area contributed by atoms with E-state index in [0.717, 1.165) is 5.56 Å². The summed E-state index contributed by atoms with van der Waals surface area (Å²) in [6.45, 7) is 5.40. The molecule has 0 spiro atoms. The summed E-state index contributed by atoms with van der Waals surface area (Å²) in [5, 5.41) is 0. The molecule has 0 aromatic heterocycles. The van der Waals surface area contributed by atoms with E-state index >= 15 is 0 Å². The normalized spacial score (nSPS) is 11.8. The second-order valence-electron chi connectivity index (χ2n) is 3.93. The van der Waals surface area contributed by atoms with Crippen LogP contribution in [0.25, 0.3) is 0 Å². The number of sulfonamides is 1. The molecular weight excluding hydrogens is 226 g/mol. The molecule has 1 rings (SSSR count). The lowest BCUT2D eigenvalue weighted by Crippen LogP contribution is -2.30. The van der Waals surface area contributed by atoms with Gasteiger partial charge in [0, 0.05) is 6.04 Å². The van der Waals surface area contributed by atoms with Crippen molar-refractivity contribution >= 4 is 10.0 Å². The molecule has 16 heavy (non-hydrogen) atoms. The molecule has 0 aliphatic carbocycles. The molecule has 90 valence electrons. The van der Waals surface area contributed by atoms with Crippen molar-refractivity contribution in [3.05, 3.63) is 23.8 Å². The predicted octanol–water partition coefficient (Wildman–Crippen LogP) is 1.69. The monoisotopic (exact) mass is 243 g/mol. The lowest BCUT2D eigenvalue weighted by Gasteiger charge is -2.13. The average molecular weight is 243 g/mol. The fourth-order valence-electron chi connectivity index (χ4n) is 1.37. The maximum atomic E-state index is 12.0. The smallest absolute Gasteiger partial charge is 0.244 e. The van der Waals surface area contributed by atoms with E-state index in [-0.39, 0.29) is 10.9 Å². The SMILES string of the molecule is COc1ccc(C)cc1S(=O)(=O)NC(C)C. The molecule has 0 aliphatic rings. The van der Waals surface area contributed by atoms with Crippen molar-refractivity contribution in [1.82, 2.24) is 4.72 Å². The average Bonchev–Trinajstić information content (AvgIpc) is 2.15. The third-order valence-corrected chi connectivity index (χ3v) is 3.68. The molecule has 0 saturated carbocycles. The zero-order valence-corrected chi connectivity index (χ0v) is 10.8. The highest BCUT2D eigenvalue weighted by Crippen LogP contribution is 2.24. The molecule has 0 aliphatic heterocycles. The highest BCUT2D eigenvalue weighted by atomic mass is 32.2. The van der Waals surface area contributed by atoms with E-state index in [1.807, 2.05) is 13.0 Å². The van der Waals surface area contributed by atoms with Crippen LogP contribution in [-0.4, -0.2) is 21.6 Å². The van der Waals surface area contributed by atoms with E-state index in [2.05, 4.69) is 4.72 Å². The Morgan fingerprint density at radius 3 is 2.44 bits per heavy atom. The van der Waals surface area contributed by atoms with Crippen LogP contribution in [0.15, 0.2) is 23.1 Å². The van der Waals surface area contributed by atoms with E-state index in [4.69, 9.17) is 4.74 Å². The number of hydrogen-bond acceptors (Lipinski definition) is 3. The van der Waals surface area contributed by atoms with E-state index in [1.165, 1.54) is 7.11 Å². The Bertz CT molecular complexity index is 466. The standard InChI is InChI=1S/C11H17NO3S/c1-8(2)12-16(13,14)11-7-9(3)5-6-10(11)15-4/h5-8,12H,1-4H3. The molecule has 0 heterocycles. The molecule has 4 nitrogen and oxygen atoms in total. The number of aryl methyl sites for hydroxylation is 1. The Hall–Kier alpha value is -1.07. The fraction of sp³-hybridized carbons (Fsp3) is 0.455. The summed E-state index contributed by atoms with van der Waals surface area (Å²) in [5.74, 6) is 0.360. The van der Waals surface area contributed by atoms with Crippen molar-refractivity contribution in [2.45, 2.75) is 31.7 Å². The van der Waals surface area contributed by atoms with Crippen LogP contribution in [0.1, 0.15) is 19.4 Å². The van der Waals surface area contributed by atoms with Crippen molar-refractivity contribution in [3.8, 4) is 5.75 Å². The van der Waals surface area contributed by atoms with Crippen molar-refractivity contribution in [1.29, 1.82) is 0 Å². The minimum Gasteiger partial charge on any atom is -0.495 e. The van der Waals surface area contributed by atoms with E-state index in [0.29, 0.717) is 5.75 Å². The summed E-state index contributed by atoms with van der Waals surface area (Å²) in [6.07, 6.45) is 0. The molecule has 5 heteroatoms. The predicted molar refractivity (Wildman–Crippen MR) is 63.2 cm³/mol. The number of benzene rings is 1. The first-order chi connectivity index (χ1) is 7.36. The summed E-state index contributed by atoms with van der Waals surface area (Å²) >= 11 is 0. The first kappa shape index (κ1) is 13.0. The van der Waals surface area contributed by atoms with Gasteiger partial charge in [-0.2, -0.15) is 0 Å². The molecule has 0 fully saturated rings. The maximum Gasteiger partial charge on any atom is 0.244 e. The van der Waals surface area contributed by atoms with Gasteiger partial charge in [0.2, 0.25) is 10.0 Å². The van der Waals surface area contributed by atoms with E-state index in [1.54, 1.807) is 26.0 Å². The van der Waals surface area contributed by atoms with Crippen LogP contribution in [-0.2, 0) is 10.0 Å². The molecule has 1 N–H and O–H groups in total. The van der Waals surface area contributed by atoms with Gasteiger partial charge in [0.05, 0.1) is 7.11 Å². The Balaban J connectivity index is 3.25. The van der Waals surface area contributed by atoms with Crippen LogP contribution in [0.4, 0.5) is 0 Å². The van der Waals surface area contributed by atoms with Crippen LogP contribution >= 0.6 is 0 Å². The van der Waals surface area contributed by atoms with Crippen LogP contribution in [0.3, 0.4) is 0 Å². The van der Waals surface area contributed by atoms with Crippen molar-refractivity contribution in [3.63, 3.8) is 0 Å². The van der Waals surface area contributed by atoms with Crippen molar-refractivity contribution in [2.24, 2.45) is 0 Å². The first-order valence-corrected chi connectivity index (χ1v) is 6.52. The molecule has 0 amide bonds. The molecule has 1 aromatic rings. The van der Waals surface area contributed by atoms with Crippen LogP contribution in [0.5, 0.6) is 5.75 Å². The number of hydrogen-bond donors (Lipinski definition) is 1. The lowest BCUT2D eigenvalue weighted by atomic mass is 10.2. The second kappa shape index (κ2) is 4.84. The third-order valence-electron chi connectivity index (χ3n) is 2.00. The van der Waals surface area contributed by atoms with Gasteiger partial charge in [0.15, 0.2) is 0 Å². The van der Waals surface area contributed by atoms with Gasteiger partial charge in [-0.05, 0) is 38.5 Å².